The van der Waals surface area contributed by atoms with Crippen LogP contribution in [-0.2, 0) is 16.1 Å². The quantitative estimate of drug-likeness (QED) is 0.869. The molecule has 7 heteroatoms. The van der Waals surface area contributed by atoms with Gasteiger partial charge in [0, 0.05) is 24.5 Å². The summed E-state index contributed by atoms with van der Waals surface area (Å²) < 4.78 is 4.77. The molecule has 0 aliphatic carbocycles. The normalized spacial score (nSPS) is 16.4. The van der Waals surface area contributed by atoms with Crippen LogP contribution in [0.3, 0.4) is 0 Å². The van der Waals surface area contributed by atoms with Crippen LogP contribution >= 0.6 is 11.3 Å². The highest BCUT2D eigenvalue weighted by atomic mass is 32.1. The summed E-state index contributed by atoms with van der Waals surface area (Å²) in [7, 11) is 1.68. The maximum absolute atomic E-state index is 11.8. The fraction of sp³-hybridized carbons (Fsp3) is 0.615. The summed E-state index contributed by atoms with van der Waals surface area (Å²) in [5.41, 5.74) is 1.72. The van der Waals surface area contributed by atoms with Gasteiger partial charge in [-0.2, -0.15) is 0 Å². The van der Waals surface area contributed by atoms with Crippen molar-refractivity contribution in [1.82, 2.24) is 15.2 Å². The number of nitrogens with one attached hydrogen (secondary N) is 1. The number of ether oxygens (including phenoxy) is 1. The second-order valence-electron chi connectivity index (χ2n) is 3.78. The molecule has 1 aliphatic heterocycles. The summed E-state index contributed by atoms with van der Waals surface area (Å²) >= 11 is 1.49. The monoisotopic (exact) mass is 301 g/mol. The topological polar surface area (TPSA) is 71.5 Å². The molecular weight excluding hydrogens is 278 g/mol. The molecule has 6 nitrogen and oxygen atoms in total. The molecule has 1 unspecified atom stereocenters. The van der Waals surface area contributed by atoms with Gasteiger partial charge in [0.25, 0.3) is 0 Å². The van der Waals surface area contributed by atoms with Gasteiger partial charge in [-0.15, -0.1) is 11.3 Å². The summed E-state index contributed by atoms with van der Waals surface area (Å²) in [5.74, 6) is -0.357. The molecule has 2 rings (SSSR count). The zero-order valence-electron chi connectivity index (χ0n) is 11.4. The highest BCUT2D eigenvalue weighted by molar-refractivity contribution is 7.09. The van der Waals surface area contributed by atoms with E-state index in [0.29, 0.717) is 19.6 Å². The van der Waals surface area contributed by atoms with Crippen molar-refractivity contribution in [1.29, 1.82) is 0 Å². The van der Waals surface area contributed by atoms with Crippen LogP contribution in [-0.4, -0.2) is 41.6 Å². The van der Waals surface area contributed by atoms with E-state index in [2.05, 4.69) is 10.3 Å². The third-order valence-corrected chi connectivity index (χ3v) is 3.22. The number of hydrogen-bond acceptors (Lipinski definition) is 5. The van der Waals surface area contributed by atoms with E-state index < -0.39 is 6.04 Å². The molecule has 114 valence electrons. The number of thiazole rings is 1. The van der Waals surface area contributed by atoms with E-state index in [1.165, 1.54) is 16.2 Å². The van der Waals surface area contributed by atoms with Gasteiger partial charge in [0.2, 0.25) is 0 Å². The number of carbonyl (C=O) groups excluding carboxylic acids is 2. The Morgan fingerprint density at radius 1 is 1.60 bits per heavy atom. The van der Waals surface area contributed by atoms with Crippen LogP contribution in [0.25, 0.3) is 0 Å². The van der Waals surface area contributed by atoms with E-state index in [4.69, 9.17) is 4.74 Å². The summed E-state index contributed by atoms with van der Waals surface area (Å²) in [4.78, 5) is 29.4. The summed E-state index contributed by atoms with van der Waals surface area (Å²) in [6.07, 6.45) is 2.26. The molecule has 1 aromatic rings. The SMILES string of the molecule is C.CC.CN(Cc1cncs1)C(=O)NC1CCOC1=O. The van der Waals surface area contributed by atoms with Gasteiger partial charge in [-0.25, -0.2) is 9.59 Å². The van der Waals surface area contributed by atoms with Crippen molar-refractivity contribution in [3.05, 3.63) is 16.6 Å². The smallest absolute Gasteiger partial charge is 0.328 e. The molecule has 0 radical (unpaired) electrons. The molecule has 0 saturated carbocycles. The third kappa shape index (κ3) is 5.16. The van der Waals surface area contributed by atoms with Crippen molar-refractivity contribution in [3.63, 3.8) is 0 Å². The second kappa shape index (κ2) is 9.30. The molecule has 1 saturated heterocycles. The first-order chi connectivity index (χ1) is 9.16. The fourth-order valence-corrected chi connectivity index (χ4v) is 2.16. The minimum atomic E-state index is -0.508. The Kier molecular flexibility index (Phi) is 8.54. The van der Waals surface area contributed by atoms with Crippen LogP contribution in [0.15, 0.2) is 11.7 Å². The molecule has 1 fully saturated rings. The summed E-state index contributed by atoms with van der Waals surface area (Å²) in [6.45, 7) is 4.86. The fourth-order valence-electron chi connectivity index (χ4n) is 1.51. The first kappa shape index (κ1) is 18.4. The molecule has 1 N–H and O–H groups in total. The second-order valence-corrected chi connectivity index (χ2v) is 4.75. The number of nitrogens with zero attached hydrogens (tertiary/aromatic N) is 2. The predicted octanol–water partition coefficient (Wildman–Crippen LogP) is 2.26. The van der Waals surface area contributed by atoms with Crippen LogP contribution in [0.2, 0.25) is 0 Å². The first-order valence-electron chi connectivity index (χ1n) is 6.22. The summed E-state index contributed by atoms with van der Waals surface area (Å²) in [6, 6.07) is -0.784. The zero-order valence-corrected chi connectivity index (χ0v) is 12.2. The number of rotatable bonds is 3. The average Bonchev–Trinajstić information content (AvgIpc) is 3.05. The van der Waals surface area contributed by atoms with Crippen molar-refractivity contribution >= 4 is 23.3 Å². The maximum Gasteiger partial charge on any atom is 0.328 e. The van der Waals surface area contributed by atoms with E-state index >= 15 is 0 Å². The van der Waals surface area contributed by atoms with E-state index in [1.807, 2.05) is 13.8 Å². The van der Waals surface area contributed by atoms with Gasteiger partial charge in [-0.3, -0.25) is 4.98 Å². The Labute approximate surface area is 124 Å². The van der Waals surface area contributed by atoms with E-state index in [-0.39, 0.29) is 19.4 Å². The number of esters is 1. The molecule has 1 atom stereocenters. The Morgan fingerprint density at radius 3 is 2.80 bits per heavy atom. The number of carbonyl (C=O) groups is 2. The molecule has 2 heterocycles. The number of amides is 2. The molecule has 0 bridgehead atoms. The molecule has 1 aliphatic rings. The van der Waals surface area contributed by atoms with Crippen molar-refractivity contribution in [2.24, 2.45) is 0 Å². The standard InChI is InChI=1S/C10H13N3O3S.C2H6.CH4/c1-13(5-7-4-11-6-17-7)10(15)12-8-2-3-16-9(8)14;1-2;/h4,6,8H,2-3,5H2,1H3,(H,12,15);1-2H3;1H4. The highest BCUT2D eigenvalue weighted by Gasteiger charge is 2.28. The van der Waals surface area contributed by atoms with Crippen molar-refractivity contribution in [2.45, 2.75) is 40.3 Å². The van der Waals surface area contributed by atoms with Gasteiger partial charge in [0.05, 0.1) is 18.7 Å². The van der Waals surface area contributed by atoms with Gasteiger partial charge < -0.3 is 15.0 Å². The van der Waals surface area contributed by atoms with Crippen LogP contribution < -0.4 is 5.32 Å². The number of hydrogen-bond donors (Lipinski definition) is 1. The predicted molar refractivity (Wildman–Crippen MR) is 79.6 cm³/mol. The maximum atomic E-state index is 11.8. The van der Waals surface area contributed by atoms with Crippen molar-refractivity contribution < 1.29 is 14.3 Å². The van der Waals surface area contributed by atoms with Crippen LogP contribution in [0.5, 0.6) is 0 Å². The number of urea groups is 1. The lowest BCUT2D eigenvalue weighted by atomic mass is 10.2. The molecule has 2 amide bonds. The molecular formula is C13H23N3O3S. The van der Waals surface area contributed by atoms with Gasteiger partial charge in [0.15, 0.2) is 0 Å². The first-order valence-corrected chi connectivity index (χ1v) is 7.10. The summed E-state index contributed by atoms with van der Waals surface area (Å²) in [5, 5.41) is 2.64. The van der Waals surface area contributed by atoms with E-state index in [1.54, 1.807) is 18.8 Å². The lowest BCUT2D eigenvalue weighted by molar-refractivity contribution is -0.139. The minimum Gasteiger partial charge on any atom is -0.464 e. The van der Waals surface area contributed by atoms with E-state index in [0.717, 1.165) is 4.88 Å². The molecule has 20 heavy (non-hydrogen) atoms. The Bertz CT molecular complexity index is 409. The highest BCUT2D eigenvalue weighted by Crippen LogP contribution is 2.10. The Hall–Kier alpha value is -1.63. The van der Waals surface area contributed by atoms with Crippen LogP contribution in [0.1, 0.15) is 32.6 Å². The van der Waals surface area contributed by atoms with E-state index in [9.17, 15) is 9.59 Å². The van der Waals surface area contributed by atoms with Crippen LogP contribution in [0, 0.1) is 0 Å². The molecule has 0 aromatic carbocycles. The number of aromatic nitrogens is 1. The Balaban J connectivity index is 0.00000115. The Morgan fingerprint density at radius 2 is 2.30 bits per heavy atom. The van der Waals surface area contributed by atoms with Gasteiger partial charge in [-0.05, 0) is 0 Å². The molecule has 0 spiro atoms. The van der Waals surface area contributed by atoms with Crippen molar-refractivity contribution in [3.8, 4) is 0 Å². The minimum absolute atomic E-state index is 0. The third-order valence-electron chi connectivity index (χ3n) is 2.46. The van der Waals surface area contributed by atoms with Crippen LogP contribution in [0.4, 0.5) is 4.79 Å². The van der Waals surface area contributed by atoms with Gasteiger partial charge >= 0.3 is 12.0 Å². The zero-order chi connectivity index (χ0) is 14.3. The van der Waals surface area contributed by atoms with Gasteiger partial charge in [0.1, 0.15) is 6.04 Å². The lowest BCUT2D eigenvalue weighted by Gasteiger charge is -2.18. The molecule has 1 aromatic heterocycles. The largest absolute Gasteiger partial charge is 0.464 e. The van der Waals surface area contributed by atoms with Gasteiger partial charge in [-0.1, -0.05) is 21.3 Å². The van der Waals surface area contributed by atoms with Crippen molar-refractivity contribution in [2.75, 3.05) is 13.7 Å². The average molecular weight is 301 g/mol. The lowest BCUT2D eigenvalue weighted by Crippen LogP contribution is -2.44. The number of cyclic esters (lactones) is 1.